The maximum absolute atomic E-state index is 10.2. The van der Waals surface area contributed by atoms with E-state index in [1.54, 1.807) is 0 Å². The third-order valence-electron chi connectivity index (χ3n) is 2.88. The van der Waals surface area contributed by atoms with Crippen molar-refractivity contribution in [2.45, 2.75) is 37.7 Å². The predicted octanol–water partition coefficient (Wildman–Crippen LogP) is 2.22. The Balaban J connectivity index is 1.90. The summed E-state index contributed by atoms with van der Waals surface area (Å²) in [6.07, 6.45) is 2.41. The molecule has 1 aromatic heterocycles. The van der Waals surface area contributed by atoms with Gasteiger partial charge in [0, 0.05) is 41.2 Å². The summed E-state index contributed by atoms with van der Waals surface area (Å²) in [6, 6.07) is 2.41. The second kappa shape index (κ2) is 6.16. The summed E-state index contributed by atoms with van der Waals surface area (Å²) in [5, 5.41) is 15.1. The first-order valence-electron chi connectivity index (χ1n) is 6.08. The van der Waals surface area contributed by atoms with Crippen LogP contribution in [-0.2, 0) is 6.42 Å². The van der Waals surface area contributed by atoms with E-state index in [-0.39, 0.29) is 6.10 Å². The quantitative estimate of drug-likeness (QED) is 0.912. The molecule has 1 aliphatic rings. The molecule has 17 heavy (non-hydrogen) atoms. The Labute approximate surface area is 111 Å². The van der Waals surface area contributed by atoms with Crippen LogP contribution < -0.4 is 0 Å². The normalized spacial score (nSPS) is 22.9. The number of hydrogen-bond donors (Lipinski definition) is 1. The second-order valence-electron chi connectivity index (χ2n) is 4.64. The first kappa shape index (κ1) is 13.3. The topological polar surface area (TPSA) is 38.0 Å². The minimum Gasteiger partial charge on any atom is -0.392 e. The Bertz CT molecular complexity index is 348. The minimum absolute atomic E-state index is 0.261. The Kier molecular flexibility index (Phi) is 4.82. The first-order chi connectivity index (χ1) is 8.16. The molecule has 1 N–H and O–H groups in total. The summed E-state index contributed by atoms with van der Waals surface area (Å²) in [5.41, 5.74) is 1.00. The fraction of sp³-hybridized carbons (Fsp3) is 0.750. The molecule has 0 amide bonds. The number of hydrogen-bond acceptors (Lipinski definition) is 4. The smallest absolute Gasteiger partial charge is 0.0722 e. The van der Waals surface area contributed by atoms with Crippen molar-refractivity contribution in [3.05, 3.63) is 18.0 Å². The van der Waals surface area contributed by atoms with Gasteiger partial charge in [-0.25, -0.2) is 0 Å². The van der Waals surface area contributed by atoms with Gasteiger partial charge in [0.15, 0.2) is 0 Å². The van der Waals surface area contributed by atoms with Crippen molar-refractivity contribution in [1.29, 1.82) is 0 Å². The molecule has 1 fully saturated rings. The molecule has 2 heterocycles. The third-order valence-corrected chi connectivity index (χ3v) is 5.79. The third kappa shape index (κ3) is 3.66. The number of thioether (sulfide) groups is 2. The molecule has 3 nitrogen and oxygen atoms in total. The molecule has 0 aliphatic carbocycles. The van der Waals surface area contributed by atoms with Crippen molar-refractivity contribution >= 4 is 23.5 Å². The maximum atomic E-state index is 10.2. The number of aliphatic hydroxyl groups is 1. The molecule has 0 aromatic carbocycles. The summed E-state index contributed by atoms with van der Waals surface area (Å²) in [4.78, 5) is 0. The summed E-state index contributed by atoms with van der Waals surface area (Å²) >= 11 is 3.84. The van der Waals surface area contributed by atoms with Crippen molar-refractivity contribution in [3.63, 3.8) is 0 Å². The fourth-order valence-electron chi connectivity index (χ4n) is 1.85. The van der Waals surface area contributed by atoms with Gasteiger partial charge in [0.05, 0.1) is 11.8 Å². The summed E-state index contributed by atoms with van der Waals surface area (Å²) < 4.78 is 1.95. The van der Waals surface area contributed by atoms with E-state index in [2.05, 4.69) is 18.9 Å². The summed E-state index contributed by atoms with van der Waals surface area (Å²) in [5.74, 6) is 3.44. The van der Waals surface area contributed by atoms with Crippen LogP contribution in [0, 0.1) is 0 Å². The molecular weight excluding hydrogens is 252 g/mol. The Hall–Kier alpha value is -0.130. The van der Waals surface area contributed by atoms with Gasteiger partial charge in [-0.05, 0) is 19.9 Å². The van der Waals surface area contributed by atoms with Gasteiger partial charge in [-0.15, -0.1) is 0 Å². The highest BCUT2D eigenvalue weighted by atomic mass is 32.2. The molecule has 2 unspecified atom stereocenters. The van der Waals surface area contributed by atoms with Gasteiger partial charge in [-0.3, -0.25) is 4.68 Å². The van der Waals surface area contributed by atoms with E-state index in [1.807, 2.05) is 40.5 Å². The highest BCUT2D eigenvalue weighted by Gasteiger charge is 2.23. The SMILES string of the molecule is CC(C)n1ccc(CC(O)C2CSCCS2)n1. The lowest BCUT2D eigenvalue weighted by Crippen LogP contribution is -2.30. The van der Waals surface area contributed by atoms with Crippen molar-refractivity contribution in [1.82, 2.24) is 9.78 Å². The van der Waals surface area contributed by atoms with Gasteiger partial charge in [0.2, 0.25) is 0 Å². The first-order valence-corrected chi connectivity index (χ1v) is 8.28. The maximum Gasteiger partial charge on any atom is 0.0722 e. The number of rotatable bonds is 4. The Morgan fingerprint density at radius 3 is 2.94 bits per heavy atom. The van der Waals surface area contributed by atoms with Gasteiger partial charge in [-0.1, -0.05) is 0 Å². The van der Waals surface area contributed by atoms with Gasteiger partial charge in [-0.2, -0.15) is 28.6 Å². The average Bonchev–Trinajstić information content (AvgIpc) is 2.79. The van der Waals surface area contributed by atoms with E-state index in [1.165, 1.54) is 5.75 Å². The van der Waals surface area contributed by atoms with Crippen molar-refractivity contribution in [2.75, 3.05) is 17.3 Å². The van der Waals surface area contributed by atoms with E-state index in [4.69, 9.17) is 0 Å². The summed E-state index contributed by atoms with van der Waals surface area (Å²) in [7, 11) is 0. The average molecular weight is 272 g/mol. The zero-order valence-corrected chi connectivity index (χ0v) is 12.0. The van der Waals surface area contributed by atoms with Crippen LogP contribution in [0.15, 0.2) is 12.3 Å². The van der Waals surface area contributed by atoms with E-state index < -0.39 is 0 Å². The molecule has 5 heteroatoms. The van der Waals surface area contributed by atoms with Crippen LogP contribution >= 0.6 is 23.5 Å². The zero-order valence-electron chi connectivity index (χ0n) is 10.4. The number of aromatic nitrogens is 2. The zero-order chi connectivity index (χ0) is 12.3. The van der Waals surface area contributed by atoms with Crippen molar-refractivity contribution in [3.8, 4) is 0 Å². The number of nitrogens with zero attached hydrogens (tertiary/aromatic N) is 2. The molecule has 0 bridgehead atoms. The fourth-order valence-corrected chi connectivity index (χ4v) is 4.62. The molecular formula is C12H20N2OS2. The molecule has 96 valence electrons. The van der Waals surface area contributed by atoms with Crippen LogP contribution in [0.1, 0.15) is 25.6 Å². The standard InChI is InChI=1S/C12H20N2OS2/c1-9(2)14-4-3-10(13-14)7-11(15)12-8-16-5-6-17-12/h3-4,9,11-12,15H,5-8H2,1-2H3. The van der Waals surface area contributed by atoms with Gasteiger partial charge < -0.3 is 5.11 Å². The highest BCUT2D eigenvalue weighted by molar-refractivity contribution is 8.06. The van der Waals surface area contributed by atoms with Gasteiger partial charge in [0.25, 0.3) is 0 Å². The van der Waals surface area contributed by atoms with Crippen LogP contribution in [-0.4, -0.2) is 43.5 Å². The highest BCUT2D eigenvalue weighted by Crippen LogP contribution is 2.27. The lowest BCUT2D eigenvalue weighted by Gasteiger charge is -2.25. The molecule has 0 spiro atoms. The molecule has 0 saturated carbocycles. The lowest BCUT2D eigenvalue weighted by atomic mass is 10.1. The second-order valence-corrected chi connectivity index (χ2v) is 7.13. The molecule has 1 saturated heterocycles. The Morgan fingerprint density at radius 1 is 1.53 bits per heavy atom. The van der Waals surface area contributed by atoms with Crippen LogP contribution in [0.25, 0.3) is 0 Å². The predicted molar refractivity (Wildman–Crippen MR) is 75.9 cm³/mol. The largest absolute Gasteiger partial charge is 0.392 e. The van der Waals surface area contributed by atoms with Crippen LogP contribution in [0.5, 0.6) is 0 Å². The molecule has 2 atom stereocenters. The minimum atomic E-state index is -0.261. The van der Waals surface area contributed by atoms with E-state index >= 15 is 0 Å². The van der Waals surface area contributed by atoms with E-state index in [9.17, 15) is 5.11 Å². The van der Waals surface area contributed by atoms with Gasteiger partial charge >= 0.3 is 0 Å². The van der Waals surface area contributed by atoms with Gasteiger partial charge in [0.1, 0.15) is 0 Å². The lowest BCUT2D eigenvalue weighted by molar-refractivity contribution is 0.176. The number of aliphatic hydroxyl groups excluding tert-OH is 1. The van der Waals surface area contributed by atoms with Crippen LogP contribution in [0.2, 0.25) is 0 Å². The van der Waals surface area contributed by atoms with Crippen molar-refractivity contribution in [2.24, 2.45) is 0 Å². The van der Waals surface area contributed by atoms with E-state index in [0.717, 1.165) is 17.2 Å². The molecule has 2 rings (SSSR count). The van der Waals surface area contributed by atoms with Crippen LogP contribution in [0.3, 0.4) is 0 Å². The van der Waals surface area contributed by atoms with Crippen molar-refractivity contribution < 1.29 is 5.11 Å². The molecule has 1 aliphatic heterocycles. The summed E-state index contributed by atoms with van der Waals surface area (Å²) in [6.45, 7) is 4.22. The molecule has 1 aromatic rings. The van der Waals surface area contributed by atoms with E-state index in [0.29, 0.717) is 17.7 Å². The van der Waals surface area contributed by atoms with Crippen LogP contribution in [0.4, 0.5) is 0 Å². The molecule has 0 radical (unpaired) electrons. The monoisotopic (exact) mass is 272 g/mol. The Morgan fingerprint density at radius 2 is 2.35 bits per heavy atom.